The molecule has 34 heavy (non-hydrogen) atoms. The van der Waals surface area contributed by atoms with Crippen molar-refractivity contribution in [1.29, 1.82) is 0 Å². The Morgan fingerprint density at radius 2 is 1.71 bits per heavy atom. The summed E-state index contributed by atoms with van der Waals surface area (Å²) in [5.74, 6) is -0.291. The first-order valence-corrected chi connectivity index (χ1v) is 12.2. The molecule has 0 radical (unpaired) electrons. The van der Waals surface area contributed by atoms with E-state index < -0.39 is 27.4 Å². The highest BCUT2D eigenvalue weighted by molar-refractivity contribution is 7.89. The molecular weight excluding hydrogens is 458 g/mol. The second-order valence-electron chi connectivity index (χ2n) is 10.4. The number of carboxylic acids is 1. The number of hydrogen-bond donors (Lipinski definition) is 2. The molecule has 0 fully saturated rings. The van der Waals surface area contributed by atoms with Crippen LogP contribution in [0.5, 0.6) is 0 Å². The summed E-state index contributed by atoms with van der Waals surface area (Å²) >= 11 is 0. The zero-order chi connectivity index (χ0) is 25.1. The summed E-state index contributed by atoms with van der Waals surface area (Å²) in [4.78, 5) is 16.1. The highest BCUT2D eigenvalue weighted by atomic mass is 32.2. The van der Waals surface area contributed by atoms with Gasteiger partial charge in [0.25, 0.3) is 0 Å². The van der Waals surface area contributed by atoms with Crippen LogP contribution in [0.3, 0.4) is 0 Å². The van der Waals surface area contributed by atoms with E-state index in [9.17, 15) is 18.3 Å². The summed E-state index contributed by atoms with van der Waals surface area (Å²) in [6, 6.07) is 8.55. The Morgan fingerprint density at radius 3 is 2.29 bits per heavy atom. The van der Waals surface area contributed by atoms with Gasteiger partial charge in [0.05, 0.1) is 4.90 Å². The Kier molecular flexibility index (Phi) is 5.57. The first kappa shape index (κ1) is 23.9. The van der Waals surface area contributed by atoms with E-state index in [4.69, 9.17) is 8.94 Å². The standard InChI is InChI=1S/C24H27N3O6S/c1-23(2,3)19(21(28)29)27-34(30,31)14-8-10-17-16(12-14)15-9-7-13(11-18(15)32-17)20-25-22(33-26-20)24(4,5)6/h7-12,19,27H,1-6H3,(H,28,29)/t19-/m1/s1. The van der Waals surface area contributed by atoms with Crippen LogP contribution in [0.1, 0.15) is 47.4 Å². The fraction of sp³-hybridized carbons (Fsp3) is 0.375. The van der Waals surface area contributed by atoms with Crippen molar-refractivity contribution < 1.29 is 27.3 Å². The molecule has 0 bridgehead atoms. The fourth-order valence-electron chi connectivity index (χ4n) is 3.53. The van der Waals surface area contributed by atoms with E-state index >= 15 is 0 Å². The number of aliphatic carboxylic acids is 1. The quantitative estimate of drug-likeness (QED) is 0.415. The van der Waals surface area contributed by atoms with Crippen molar-refractivity contribution in [3.63, 3.8) is 0 Å². The Balaban J connectivity index is 1.73. The van der Waals surface area contributed by atoms with E-state index in [0.717, 1.165) is 0 Å². The number of fused-ring (bicyclic) bond motifs is 3. The van der Waals surface area contributed by atoms with E-state index in [-0.39, 0.29) is 10.3 Å². The summed E-state index contributed by atoms with van der Waals surface area (Å²) in [6.07, 6.45) is 0. The van der Waals surface area contributed by atoms with Gasteiger partial charge in [0.1, 0.15) is 17.2 Å². The maximum Gasteiger partial charge on any atom is 0.322 e. The van der Waals surface area contributed by atoms with Crippen molar-refractivity contribution in [3.05, 3.63) is 42.3 Å². The largest absolute Gasteiger partial charge is 0.480 e. The lowest BCUT2D eigenvalue weighted by atomic mass is 9.88. The summed E-state index contributed by atoms with van der Waals surface area (Å²) in [5.41, 5.74) is 0.645. The number of carboxylic acid groups (broad SMARTS) is 1. The number of sulfonamides is 1. The van der Waals surface area contributed by atoms with Gasteiger partial charge in [-0.2, -0.15) is 9.71 Å². The van der Waals surface area contributed by atoms with Gasteiger partial charge < -0.3 is 14.0 Å². The van der Waals surface area contributed by atoms with Crippen molar-refractivity contribution >= 4 is 37.9 Å². The molecule has 0 spiro atoms. The van der Waals surface area contributed by atoms with Crippen LogP contribution in [0.2, 0.25) is 0 Å². The van der Waals surface area contributed by atoms with E-state index in [0.29, 0.717) is 39.2 Å². The van der Waals surface area contributed by atoms with Crippen LogP contribution in [0, 0.1) is 5.41 Å². The van der Waals surface area contributed by atoms with Gasteiger partial charge in [0.15, 0.2) is 0 Å². The molecule has 0 aliphatic heterocycles. The van der Waals surface area contributed by atoms with Crippen LogP contribution in [0.4, 0.5) is 0 Å². The number of hydrogen-bond acceptors (Lipinski definition) is 7. The number of carbonyl (C=O) groups is 1. The van der Waals surface area contributed by atoms with Crippen molar-refractivity contribution in [1.82, 2.24) is 14.9 Å². The first-order chi connectivity index (χ1) is 15.7. The Labute approximate surface area is 197 Å². The lowest BCUT2D eigenvalue weighted by Gasteiger charge is -2.27. The van der Waals surface area contributed by atoms with Crippen LogP contribution in [-0.4, -0.2) is 35.7 Å². The molecule has 2 aromatic carbocycles. The lowest BCUT2D eigenvalue weighted by molar-refractivity contribution is -0.141. The van der Waals surface area contributed by atoms with Gasteiger partial charge in [-0.1, -0.05) is 52.8 Å². The van der Waals surface area contributed by atoms with Crippen molar-refractivity contribution in [3.8, 4) is 11.4 Å². The molecule has 0 saturated heterocycles. The molecule has 0 unspecified atom stereocenters. The monoisotopic (exact) mass is 485 g/mol. The average molecular weight is 486 g/mol. The number of nitrogens with zero attached hydrogens (tertiary/aromatic N) is 2. The van der Waals surface area contributed by atoms with Gasteiger partial charge in [-0.15, -0.1) is 0 Å². The topological polar surface area (TPSA) is 136 Å². The van der Waals surface area contributed by atoms with E-state index in [2.05, 4.69) is 14.9 Å². The fourth-order valence-corrected chi connectivity index (χ4v) is 4.95. The van der Waals surface area contributed by atoms with Gasteiger partial charge in [-0.3, -0.25) is 4.79 Å². The van der Waals surface area contributed by atoms with Crippen LogP contribution < -0.4 is 4.72 Å². The van der Waals surface area contributed by atoms with Crippen molar-refractivity contribution in [2.75, 3.05) is 0 Å². The van der Waals surface area contributed by atoms with Gasteiger partial charge in [0.2, 0.25) is 21.7 Å². The van der Waals surface area contributed by atoms with Gasteiger partial charge in [-0.25, -0.2) is 8.42 Å². The van der Waals surface area contributed by atoms with E-state index in [1.165, 1.54) is 12.1 Å². The van der Waals surface area contributed by atoms with E-state index in [1.54, 1.807) is 32.9 Å². The predicted octanol–water partition coefficient (Wildman–Crippen LogP) is 4.71. The summed E-state index contributed by atoms with van der Waals surface area (Å²) in [7, 11) is -4.09. The molecule has 180 valence electrons. The maximum atomic E-state index is 13.0. The number of furan rings is 1. The molecule has 9 nitrogen and oxygen atoms in total. The van der Waals surface area contributed by atoms with Crippen LogP contribution in [-0.2, 0) is 20.2 Å². The molecular formula is C24H27N3O6S. The number of benzene rings is 2. The third kappa shape index (κ3) is 4.43. The molecule has 10 heteroatoms. The van der Waals surface area contributed by atoms with E-state index in [1.807, 2.05) is 32.9 Å². The highest BCUT2D eigenvalue weighted by Crippen LogP contribution is 2.34. The molecule has 0 amide bonds. The summed E-state index contributed by atoms with van der Waals surface area (Å²) in [6.45, 7) is 10.9. The Bertz CT molecular complexity index is 1500. The molecule has 0 saturated carbocycles. The molecule has 4 aromatic rings. The summed E-state index contributed by atoms with van der Waals surface area (Å²) < 4.78 is 39.6. The summed E-state index contributed by atoms with van der Waals surface area (Å²) in [5, 5.41) is 14.9. The smallest absolute Gasteiger partial charge is 0.322 e. The predicted molar refractivity (Wildman–Crippen MR) is 127 cm³/mol. The Hall–Kier alpha value is -3.24. The van der Waals surface area contributed by atoms with Crippen molar-refractivity contribution in [2.24, 2.45) is 5.41 Å². The number of rotatable bonds is 5. The average Bonchev–Trinajstić information content (AvgIpc) is 3.35. The first-order valence-electron chi connectivity index (χ1n) is 10.7. The molecule has 0 aliphatic rings. The minimum Gasteiger partial charge on any atom is -0.480 e. The highest BCUT2D eigenvalue weighted by Gasteiger charge is 2.35. The zero-order valence-corrected chi connectivity index (χ0v) is 20.6. The van der Waals surface area contributed by atoms with Crippen molar-refractivity contribution in [2.45, 2.75) is 57.9 Å². The minimum atomic E-state index is -4.09. The molecule has 2 aromatic heterocycles. The third-order valence-corrected chi connectivity index (χ3v) is 6.89. The molecule has 2 N–H and O–H groups in total. The second-order valence-corrected chi connectivity index (χ2v) is 12.1. The normalized spacial score (nSPS) is 14.1. The molecule has 0 aliphatic carbocycles. The minimum absolute atomic E-state index is 0.0461. The second kappa shape index (κ2) is 7.92. The molecule has 1 atom stereocenters. The number of nitrogens with one attached hydrogen (secondary N) is 1. The molecule has 2 heterocycles. The number of aromatic nitrogens is 2. The van der Waals surface area contributed by atoms with Gasteiger partial charge in [0, 0.05) is 21.8 Å². The van der Waals surface area contributed by atoms with Gasteiger partial charge >= 0.3 is 5.97 Å². The van der Waals surface area contributed by atoms with Crippen LogP contribution >= 0.6 is 0 Å². The van der Waals surface area contributed by atoms with Crippen LogP contribution in [0.25, 0.3) is 33.3 Å². The lowest BCUT2D eigenvalue weighted by Crippen LogP contribution is -2.48. The van der Waals surface area contributed by atoms with Crippen LogP contribution in [0.15, 0.2) is 50.2 Å². The third-order valence-electron chi connectivity index (χ3n) is 5.46. The molecule has 4 rings (SSSR count). The maximum absolute atomic E-state index is 13.0. The zero-order valence-electron chi connectivity index (χ0n) is 19.8. The SMILES string of the molecule is CC(C)(C)c1nc(-c2ccc3c(c2)oc2ccc(S(=O)(=O)N[C@H](C(=O)O)C(C)(C)C)cc23)no1. The Morgan fingerprint density at radius 1 is 1.00 bits per heavy atom. The van der Waals surface area contributed by atoms with Gasteiger partial charge in [-0.05, 0) is 35.7 Å².